The number of aryl methyl sites for hydroxylation is 3. The first-order valence-electron chi connectivity index (χ1n) is 25.9. The number of carboxylic acid groups (broad SMARTS) is 1. The molecule has 21 nitrogen and oxygen atoms in total. The van der Waals surface area contributed by atoms with Crippen LogP contribution in [0.1, 0.15) is 98.3 Å². The first-order chi connectivity index (χ1) is 37.0. The van der Waals surface area contributed by atoms with Crippen molar-refractivity contribution in [2.75, 3.05) is 70.4 Å². The van der Waals surface area contributed by atoms with E-state index in [4.69, 9.17) is 18.9 Å². The Labute approximate surface area is 447 Å². The molecular formula is C54H70N10O11S. The molecule has 6 rings (SSSR count). The molecule has 0 aliphatic carbocycles. The van der Waals surface area contributed by atoms with E-state index in [9.17, 15) is 34.2 Å². The SMILES string of the molecule is CC#Cc1ccc(NC(=O)CCCCn2cc(CCCC(=O)NCCCc3ccc(N=Nc4ccc(O)cc4OCCOCCOCCOCCNC(=O)CCCCC4SCC5NC(=O)NC54)c(C(=O)O)c3)nn2)cc1. The molecule has 1 aromatic heterocycles. The van der Waals surface area contributed by atoms with Gasteiger partial charge in [0.25, 0.3) is 0 Å². The average molecular weight is 1070 g/mol. The molecule has 3 aromatic carbocycles. The van der Waals surface area contributed by atoms with Crippen molar-refractivity contribution in [2.45, 2.75) is 108 Å². The Hall–Kier alpha value is -7.06. The van der Waals surface area contributed by atoms with Crippen molar-refractivity contribution in [1.82, 2.24) is 36.3 Å². The number of fused-ring (bicyclic) bond motifs is 1. The van der Waals surface area contributed by atoms with Gasteiger partial charge in [-0.25, -0.2) is 9.59 Å². The average Bonchev–Trinajstić information content (AvgIpc) is 4.13. The van der Waals surface area contributed by atoms with E-state index >= 15 is 0 Å². The van der Waals surface area contributed by atoms with Crippen molar-refractivity contribution >= 4 is 58.5 Å². The number of aromatic nitrogens is 3. The van der Waals surface area contributed by atoms with Gasteiger partial charge in [-0.3, -0.25) is 19.1 Å². The highest BCUT2D eigenvalue weighted by Gasteiger charge is 2.42. The summed E-state index contributed by atoms with van der Waals surface area (Å²) in [6.45, 7) is 5.40. The third-order valence-corrected chi connectivity index (χ3v) is 13.8. The lowest BCUT2D eigenvalue weighted by Gasteiger charge is -2.16. The van der Waals surface area contributed by atoms with Gasteiger partial charge in [-0.15, -0.1) is 21.2 Å². The van der Waals surface area contributed by atoms with E-state index in [1.54, 1.807) is 29.8 Å². The fourth-order valence-corrected chi connectivity index (χ4v) is 9.89. The predicted octanol–water partition coefficient (Wildman–Crippen LogP) is 6.62. The molecule has 76 heavy (non-hydrogen) atoms. The quantitative estimate of drug-likeness (QED) is 0.0110. The zero-order valence-electron chi connectivity index (χ0n) is 43.1. The second-order valence-corrected chi connectivity index (χ2v) is 19.4. The van der Waals surface area contributed by atoms with Crippen molar-refractivity contribution in [3.8, 4) is 23.3 Å². The highest BCUT2D eigenvalue weighted by Crippen LogP contribution is 2.34. The van der Waals surface area contributed by atoms with E-state index in [-0.39, 0.29) is 77.5 Å². The monoisotopic (exact) mass is 1070 g/mol. The number of thioether (sulfide) groups is 1. The van der Waals surface area contributed by atoms with Gasteiger partial charge in [0.15, 0.2) is 5.75 Å². The van der Waals surface area contributed by atoms with Crippen LogP contribution < -0.4 is 31.3 Å². The summed E-state index contributed by atoms with van der Waals surface area (Å²) in [6.07, 6.45) is 9.58. The van der Waals surface area contributed by atoms with Crippen LogP contribution in [0.2, 0.25) is 0 Å². The molecule has 3 unspecified atom stereocenters. The van der Waals surface area contributed by atoms with E-state index in [0.29, 0.717) is 109 Å². The number of carboxylic acids is 1. The number of ether oxygens (including phenoxy) is 4. The fraction of sp³-hybridized carbons (Fsp3) is 0.500. The van der Waals surface area contributed by atoms with Gasteiger partial charge in [0.05, 0.1) is 63.0 Å². The van der Waals surface area contributed by atoms with E-state index in [2.05, 4.69) is 59.0 Å². The number of rotatable bonds is 35. The lowest BCUT2D eigenvalue weighted by molar-refractivity contribution is -0.122. The molecule has 2 aliphatic heterocycles. The highest BCUT2D eigenvalue weighted by atomic mass is 32.2. The second-order valence-electron chi connectivity index (χ2n) is 18.1. The number of aromatic carboxylic acids is 1. The molecule has 2 fully saturated rings. The number of anilines is 1. The number of hydrogen-bond acceptors (Lipinski definition) is 15. The van der Waals surface area contributed by atoms with Gasteiger partial charge in [-0.1, -0.05) is 23.6 Å². The molecule has 22 heteroatoms. The number of phenols is 1. The molecule has 4 aromatic rings. The number of azo groups is 1. The summed E-state index contributed by atoms with van der Waals surface area (Å²) in [6, 6.07) is 17.0. The van der Waals surface area contributed by atoms with Crippen LogP contribution in [0.15, 0.2) is 77.1 Å². The van der Waals surface area contributed by atoms with E-state index < -0.39 is 5.97 Å². The summed E-state index contributed by atoms with van der Waals surface area (Å²) in [4.78, 5) is 60.8. The maximum Gasteiger partial charge on any atom is 0.337 e. The summed E-state index contributed by atoms with van der Waals surface area (Å²) in [5.74, 6) is 5.65. The number of carbonyl (C=O) groups is 5. The van der Waals surface area contributed by atoms with E-state index in [1.165, 1.54) is 18.2 Å². The third kappa shape index (κ3) is 20.9. The number of hydrogen-bond donors (Lipinski definition) is 7. The third-order valence-electron chi connectivity index (χ3n) is 12.2. The van der Waals surface area contributed by atoms with Gasteiger partial charge in [0.1, 0.15) is 23.7 Å². The minimum absolute atomic E-state index is 0.000480. The van der Waals surface area contributed by atoms with Gasteiger partial charge in [0.2, 0.25) is 17.7 Å². The van der Waals surface area contributed by atoms with Crippen molar-refractivity contribution < 1.29 is 53.1 Å². The Bertz CT molecular complexity index is 2600. The fourth-order valence-electron chi connectivity index (χ4n) is 8.35. The van der Waals surface area contributed by atoms with Crippen molar-refractivity contribution in [3.05, 3.63) is 89.2 Å². The van der Waals surface area contributed by atoms with Crippen molar-refractivity contribution in [1.29, 1.82) is 0 Å². The van der Waals surface area contributed by atoms with E-state index in [1.807, 2.05) is 42.2 Å². The number of nitrogens with one attached hydrogen (secondary N) is 5. The maximum absolute atomic E-state index is 12.5. The van der Waals surface area contributed by atoms with Crippen molar-refractivity contribution in [3.63, 3.8) is 0 Å². The summed E-state index contributed by atoms with van der Waals surface area (Å²) in [5.41, 5.74) is 3.59. The van der Waals surface area contributed by atoms with Gasteiger partial charge < -0.3 is 55.7 Å². The number of nitrogens with zero attached hydrogens (tertiary/aromatic N) is 5. The van der Waals surface area contributed by atoms with Crippen LogP contribution >= 0.6 is 11.8 Å². The zero-order chi connectivity index (χ0) is 53.7. The number of amides is 5. The summed E-state index contributed by atoms with van der Waals surface area (Å²) in [5, 5.41) is 52.0. The molecule has 2 saturated heterocycles. The van der Waals surface area contributed by atoms with Crippen LogP contribution in [0.5, 0.6) is 11.5 Å². The smallest absolute Gasteiger partial charge is 0.337 e. The first-order valence-corrected chi connectivity index (χ1v) is 27.0. The number of benzene rings is 3. The van der Waals surface area contributed by atoms with Crippen LogP contribution in [0.4, 0.5) is 21.9 Å². The molecule has 5 amide bonds. The number of phenolic OH excluding ortho intramolecular Hbond substituents is 1. The Morgan fingerprint density at radius 1 is 0.776 bits per heavy atom. The largest absolute Gasteiger partial charge is 0.508 e. The molecule has 3 atom stereocenters. The van der Waals surface area contributed by atoms with Gasteiger partial charge >= 0.3 is 12.0 Å². The number of carbonyl (C=O) groups excluding carboxylic acids is 4. The van der Waals surface area contributed by atoms with Gasteiger partial charge in [0, 0.05) is 73.4 Å². The second kappa shape index (κ2) is 32.4. The van der Waals surface area contributed by atoms with Crippen LogP contribution in [0.3, 0.4) is 0 Å². The predicted molar refractivity (Wildman–Crippen MR) is 286 cm³/mol. The lowest BCUT2D eigenvalue weighted by atomic mass is 10.0. The molecule has 3 heterocycles. The van der Waals surface area contributed by atoms with Crippen LogP contribution in [0, 0.1) is 11.8 Å². The Kier molecular flexibility index (Phi) is 24.8. The maximum atomic E-state index is 12.5. The minimum Gasteiger partial charge on any atom is -0.508 e. The van der Waals surface area contributed by atoms with Crippen molar-refractivity contribution in [2.24, 2.45) is 10.2 Å². The number of unbranched alkanes of at least 4 members (excludes halogenated alkanes) is 2. The Morgan fingerprint density at radius 2 is 1.47 bits per heavy atom. The topological polar surface area (TPSA) is 278 Å². The Morgan fingerprint density at radius 3 is 2.25 bits per heavy atom. The lowest BCUT2D eigenvalue weighted by Crippen LogP contribution is -2.36. The normalized spacial score (nSPS) is 15.6. The molecule has 0 saturated carbocycles. The van der Waals surface area contributed by atoms with E-state index in [0.717, 1.165) is 53.9 Å². The summed E-state index contributed by atoms with van der Waals surface area (Å²) in [7, 11) is 0. The molecule has 0 spiro atoms. The van der Waals surface area contributed by atoms with Crippen LogP contribution in [0.25, 0.3) is 0 Å². The molecule has 2 aliphatic rings. The summed E-state index contributed by atoms with van der Waals surface area (Å²) >= 11 is 1.88. The number of aromatic hydroxyl groups is 1. The van der Waals surface area contributed by atoms with Gasteiger partial charge in [-0.05, 0) is 112 Å². The van der Waals surface area contributed by atoms with Gasteiger partial charge in [-0.2, -0.15) is 11.8 Å². The summed E-state index contributed by atoms with van der Waals surface area (Å²) < 4.78 is 24.3. The Balaban J connectivity index is 0.770. The van der Waals surface area contributed by atoms with Crippen LogP contribution in [-0.2, 0) is 48.0 Å². The standard InChI is InChI=1S/C54H70N10O11S/c1-2-9-38-16-19-40(20-17-38)57-51(68)14-5-6-26-64-36-41(60-63-64)11-7-15-50(67)55-24-8-10-39-18-22-44(43(34-39)53(69)70)61-62-45-23-21-42(65)35-47(45)75-33-32-74-31-30-73-29-28-72-27-25-56-49(66)13-4-3-12-48-52-46(37-76-48)58-54(71)59-52/h16-23,34-36,46,48,52,65H,3-8,10-15,24-33,37H2,1H3,(H,55,67)(H,56,66)(H,57,68)(H,69,70)(H2,58,59,71). The molecule has 0 bridgehead atoms. The highest BCUT2D eigenvalue weighted by molar-refractivity contribution is 8.00. The molecular weight excluding hydrogens is 997 g/mol. The first kappa shape index (κ1) is 58.2. The minimum atomic E-state index is -1.17. The molecule has 408 valence electrons. The molecule has 0 radical (unpaired) electrons. The molecule has 7 N–H and O–H groups in total. The number of urea groups is 1. The van der Waals surface area contributed by atoms with Crippen LogP contribution in [-0.4, -0.2) is 137 Å². The zero-order valence-corrected chi connectivity index (χ0v) is 43.9.